The topological polar surface area (TPSA) is 29.3 Å². The highest BCUT2D eigenvalue weighted by atomic mass is 19.1. The van der Waals surface area contributed by atoms with Gasteiger partial charge in [0.2, 0.25) is 0 Å². The lowest BCUT2D eigenvalue weighted by Crippen LogP contribution is -2.25. The summed E-state index contributed by atoms with van der Waals surface area (Å²) in [6, 6.07) is 5.70. The molecule has 0 saturated carbocycles. The van der Waals surface area contributed by atoms with Gasteiger partial charge in [0.05, 0.1) is 0 Å². The van der Waals surface area contributed by atoms with Crippen LogP contribution in [0.5, 0.6) is 0 Å². The van der Waals surface area contributed by atoms with Crippen LogP contribution in [0.3, 0.4) is 0 Å². The van der Waals surface area contributed by atoms with Gasteiger partial charge >= 0.3 is 0 Å². The van der Waals surface area contributed by atoms with E-state index in [4.69, 9.17) is 5.73 Å². The average molecular weight is 206 g/mol. The first-order valence-electron chi connectivity index (χ1n) is 5.53. The fourth-order valence-electron chi connectivity index (χ4n) is 2.90. The van der Waals surface area contributed by atoms with Crippen molar-refractivity contribution in [1.82, 2.24) is 0 Å². The Morgan fingerprint density at radius 3 is 3.13 bits per heavy atom. The molecule has 15 heavy (non-hydrogen) atoms. The molecule has 0 radical (unpaired) electrons. The predicted octanol–water partition coefficient (Wildman–Crippen LogP) is 1.54. The molecule has 1 aromatic rings. The molecule has 0 aliphatic carbocycles. The van der Waals surface area contributed by atoms with E-state index >= 15 is 0 Å². The van der Waals surface area contributed by atoms with Gasteiger partial charge in [-0.15, -0.1) is 0 Å². The molecule has 3 heteroatoms. The average Bonchev–Trinajstić information content (AvgIpc) is 2.75. The molecule has 2 unspecified atom stereocenters. The summed E-state index contributed by atoms with van der Waals surface area (Å²) < 4.78 is 13.1. The predicted molar refractivity (Wildman–Crippen MR) is 58.4 cm³/mol. The molecule has 2 atom stereocenters. The normalized spacial score (nSPS) is 28.0. The van der Waals surface area contributed by atoms with E-state index in [2.05, 4.69) is 4.90 Å². The fraction of sp³-hybridized carbons (Fsp3) is 0.500. The molecule has 2 nitrogen and oxygen atoms in total. The lowest BCUT2D eigenvalue weighted by Gasteiger charge is -2.18. The number of hydrogen-bond acceptors (Lipinski definition) is 2. The molecule has 2 aliphatic heterocycles. The van der Waals surface area contributed by atoms with Crippen LogP contribution < -0.4 is 10.6 Å². The number of nitrogens with zero attached hydrogens (tertiary/aromatic N) is 1. The van der Waals surface area contributed by atoms with Gasteiger partial charge in [0.1, 0.15) is 5.82 Å². The van der Waals surface area contributed by atoms with E-state index in [1.807, 2.05) is 6.07 Å². The van der Waals surface area contributed by atoms with Gasteiger partial charge in [0.25, 0.3) is 0 Å². The molecular formula is C12H15FN2. The Balaban J connectivity index is 1.94. The second-order valence-electron chi connectivity index (χ2n) is 4.62. The summed E-state index contributed by atoms with van der Waals surface area (Å²) in [5, 5.41) is 0. The van der Waals surface area contributed by atoms with Gasteiger partial charge in [-0.2, -0.15) is 0 Å². The summed E-state index contributed by atoms with van der Waals surface area (Å²) in [5.74, 6) is 0.456. The first-order valence-corrected chi connectivity index (χ1v) is 5.53. The molecule has 2 heterocycles. The minimum absolute atomic E-state index is 0.134. The molecule has 1 fully saturated rings. The summed E-state index contributed by atoms with van der Waals surface area (Å²) in [4.78, 5) is 2.33. The van der Waals surface area contributed by atoms with Crippen molar-refractivity contribution < 1.29 is 4.39 Å². The zero-order valence-corrected chi connectivity index (χ0v) is 8.62. The van der Waals surface area contributed by atoms with Crippen LogP contribution in [0.4, 0.5) is 10.1 Å². The minimum Gasteiger partial charge on any atom is -0.368 e. The Kier molecular flexibility index (Phi) is 1.96. The number of halogens is 1. The third kappa shape index (κ3) is 1.34. The van der Waals surface area contributed by atoms with Gasteiger partial charge in [-0.05, 0) is 43.0 Å². The van der Waals surface area contributed by atoms with Gasteiger partial charge in [-0.3, -0.25) is 0 Å². The zero-order chi connectivity index (χ0) is 10.4. The summed E-state index contributed by atoms with van der Waals surface area (Å²) >= 11 is 0. The molecule has 0 amide bonds. The van der Waals surface area contributed by atoms with E-state index in [9.17, 15) is 4.39 Å². The number of fused-ring (bicyclic) bond motifs is 3. The van der Waals surface area contributed by atoms with Gasteiger partial charge in [-0.1, -0.05) is 6.07 Å². The molecular weight excluding hydrogens is 191 g/mol. The summed E-state index contributed by atoms with van der Waals surface area (Å²) in [7, 11) is 0. The third-order valence-electron chi connectivity index (χ3n) is 3.65. The van der Waals surface area contributed by atoms with Gasteiger partial charge in [-0.25, -0.2) is 4.39 Å². The molecule has 1 aromatic carbocycles. The number of rotatable bonds is 1. The van der Waals surface area contributed by atoms with Crippen LogP contribution >= 0.6 is 0 Å². The Hall–Kier alpha value is -1.09. The van der Waals surface area contributed by atoms with Crippen molar-refractivity contribution in [3.8, 4) is 0 Å². The Labute approximate surface area is 88.9 Å². The van der Waals surface area contributed by atoms with Gasteiger partial charge in [0.15, 0.2) is 0 Å². The Morgan fingerprint density at radius 2 is 2.33 bits per heavy atom. The van der Waals surface area contributed by atoms with Gasteiger partial charge < -0.3 is 10.6 Å². The first kappa shape index (κ1) is 9.16. The number of benzene rings is 1. The molecule has 0 bridgehead atoms. The highest BCUT2D eigenvalue weighted by molar-refractivity contribution is 5.60. The van der Waals surface area contributed by atoms with Crippen molar-refractivity contribution in [3.63, 3.8) is 0 Å². The molecule has 2 aliphatic rings. The second kappa shape index (κ2) is 3.20. The van der Waals surface area contributed by atoms with E-state index < -0.39 is 0 Å². The Bertz CT molecular complexity index is 391. The second-order valence-corrected chi connectivity index (χ2v) is 4.62. The van der Waals surface area contributed by atoms with Crippen LogP contribution in [0.15, 0.2) is 18.2 Å². The summed E-state index contributed by atoms with van der Waals surface area (Å²) in [5.41, 5.74) is 8.07. The maximum atomic E-state index is 13.1. The third-order valence-corrected chi connectivity index (χ3v) is 3.65. The van der Waals surface area contributed by atoms with Crippen LogP contribution in [0.25, 0.3) is 0 Å². The van der Waals surface area contributed by atoms with Gasteiger partial charge in [0, 0.05) is 18.3 Å². The quantitative estimate of drug-likeness (QED) is 0.755. The lowest BCUT2D eigenvalue weighted by molar-refractivity contribution is 0.566. The van der Waals surface area contributed by atoms with Crippen LogP contribution in [0.1, 0.15) is 12.0 Å². The Morgan fingerprint density at radius 1 is 1.47 bits per heavy atom. The summed E-state index contributed by atoms with van der Waals surface area (Å²) in [6.07, 6.45) is 2.22. The summed E-state index contributed by atoms with van der Waals surface area (Å²) in [6.45, 7) is 1.75. The minimum atomic E-state index is -0.134. The van der Waals surface area contributed by atoms with Crippen LogP contribution in [-0.2, 0) is 6.42 Å². The van der Waals surface area contributed by atoms with E-state index in [1.165, 1.54) is 5.56 Å². The smallest absolute Gasteiger partial charge is 0.125 e. The SMILES string of the molecule is NCC1CC2Cc3ccc(F)cc3N2C1. The van der Waals surface area contributed by atoms with E-state index in [0.29, 0.717) is 12.0 Å². The number of anilines is 1. The molecule has 0 spiro atoms. The van der Waals surface area contributed by atoms with Crippen molar-refractivity contribution in [2.75, 3.05) is 18.0 Å². The maximum absolute atomic E-state index is 13.1. The van der Waals surface area contributed by atoms with E-state index in [1.54, 1.807) is 12.1 Å². The highest BCUT2D eigenvalue weighted by Crippen LogP contribution is 2.39. The monoisotopic (exact) mass is 206 g/mol. The van der Waals surface area contributed by atoms with Crippen LogP contribution in [0.2, 0.25) is 0 Å². The number of nitrogens with two attached hydrogens (primary N) is 1. The van der Waals surface area contributed by atoms with Crippen molar-refractivity contribution in [1.29, 1.82) is 0 Å². The molecule has 3 rings (SSSR count). The molecule has 80 valence electrons. The van der Waals surface area contributed by atoms with Crippen molar-refractivity contribution in [3.05, 3.63) is 29.6 Å². The fourth-order valence-corrected chi connectivity index (χ4v) is 2.90. The molecule has 1 saturated heterocycles. The van der Waals surface area contributed by atoms with E-state index in [0.717, 1.165) is 31.6 Å². The number of hydrogen-bond donors (Lipinski definition) is 1. The molecule has 2 N–H and O–H groups in total. The van der Waals surface area contributed by atoms with Crippen molar-refractivity contribution in [2.24, 2.45) is 11.7 Å². The molecule has 0 aromatic heterocycles. The standard InChI is InChI=1S/C12H15FN2/c13-10-2-1-9-4-11-3-8(6-14)7-15(11)12(9)5-10/h1-2,5,8,11H,3-4,6-7,14H2. The van der Waals surface area contributed by atoms with E-state index in [-0.39, 0.29) is 5.82 Å². The maximum Gasteiger partial charge on any atom is 0.125 e. The highest BCUT2D eigenvalue weighted by Gasteiger charge is 2.37. The van der Waals surface area contributed by atoms with Crippen molar-refractivity contribution in [2.45, 2.75) is 18.9 Å². The van der Waals surface area contributed by atoms with Crippen LogP contribution in [-0.4, -0.2) is 19.1 Å². The zero-order valence-electron chi connectivity index (χ0n) is 8.62. The van der Waals surface area contributed by atoms with Crippen LogP contribution in [0, 0.1) is 11.7 Å². The lowest BCUT2D eigenvalue weighted by atomic mass is 10.0. The first-order chi connectivity index (χ1) is 7.28. The van der Waals surface area contributed by atoms with Crippen molar-refractivity contribution >= 4 is 5.69 Å². The largest absolute Gasteiger partial charge is 0.368 e.